The van der Waals surface area contributed by atoms with Crippen LogP contribution in [0.25, 0.3) is 10.9 Å². The number of fused-ring (bicyclic) bond motifs is 1. The second-order valence-electron chi connectivity index (χ2n) is 4.21. The standard InChI is InChI=1S/C11H16ClN5/c1-17(2)4-3-13-7-9-11-8(6-14-16-11)5-10(12)15-9/h5-6,13H,3-4,7H2,1-2H3,(H,14,16). The number of hydrogen-bond acceptors (Lipinski definition) is 4. The monoisotopic (exact) mass is 253 g/mol. The van der Waals surface area contributed by atoms with Gasteiger partial charge < -0.3 is 10.2 Å². The van der Waals surface area contributed by atoms with Gasteiger partial charge in [-0.2, -0.15) is 5.10 Å². The quantitative estimate of drug-likeness (QED) is 0.622. The topological polar surface area (TPSA) is 56.8 Å². The molecule has 2 heterocycles. The molecule has 0 aliphatic rings. The lowest BCUT2D eigenvalue weighted by Crippen LogP contribution is -2.26. The van der Waals surface area contributed by atoms with E-state index in [0.29, 0.717) is 11.7 Å². The van der Waals surface area contributed by atoms with Crippen LogP contribution in [-0.4, -0.2) is 47.3 Å². The summed E-state index contributed by atoms with van der Waals surface area (Å²) in [5.74, 6) is 0. The van der Waals surface area contributed by atoms with Crippen LogP contribution in [0, 0.1) is 0 Å². The second kappa shape index (κ2) is 5.44. The Morgan fingerprint density at radius 2 is 2.29 bits per heavy atom. The lowest BCUT2D eigenvalue weighted by molar-refractivity contribution is 0.399. The second-order valence-corrected chi connectivity index (χ2v) is 4.59. The Balaban J connectivity index is 2.04. The number of nitrogens with one attached hydrogen (secondary N) is 2. The van der Waals surface area contributed by atoms with Crippen LogP contribution in [0.4, 0.5) is 0 Å². The Labute approximate surface area is 105 Å². The molecule has 0 atom stereocenters. The van der Waals surface area contributed by atoms with E-state index in [1.54, 1.807) is 6.20 Å². The number of aromatic amines is 1. The summed E-state index contributed by atoms with van der Waals surface area (Å²) < 4.78 is 0. The van der Waals surface area contributed by atoms with Crippen molar-refractivity contribution in [1.82, 2.24) is 25.4 Å². The van der Waals surface area contributed by atoms with E-state index < -0.39 is 0 Å². The molecular weight excluding hydrogens is 238 g/mol. The number of rotatable bonds is 5. The molecule has 0 aliphatic carbocycles. The summed E-state index contributed by atoms with van der Waals surface area (Å²) in [6, 6.07) is 1.81. The normalized spacial score (nSPS) is 11.5. The maximum absolute atomic E-state index is 5.96. The van der Waals surface area contributed by atoms with Gasteiger partial charge in [0.25, 0.3) is 0 Å². The summed E-state index contributed by atoms with van der Waals surface area (Å²) in [7, 11) is 4.10. The van der Waals surface area contributed by atoms with Gasteiger partial charge in [0.1, 0.15) is 5.15 Å². The van der Waals surface area contributed by atoms with Gasteiger partial charge >= 0.3 is 0 Å². The first-order valence-electron chi connectivity index (χ1n) is 5.51. The number of likely N-dealkylation sites (N-methyl/N-ethyl adjacent to an activating group) is 1. The van der Waals surface area contributed by atoms with Crippen molar-refractivity contribution in [2.45, 2.75) is 6.54 Å². The van der Waals surface area contributed by atoms with Crippen LogP contribution in [0.15, 0.2) is 12.3 Å². The summed E-state index contributed by atoms with van der Waals surface area (Å²) in [5, 5.41) is 11.8. The van der Waals surface area contributed by atoms with Crippen LogP contribution in [0.2, 0.25) is 5.15 Å². The molecular formula is C11H16ClN5. The zero-order chi connectivity index (χ0) is 12.3. The van der Waals surface area contributed by atoms with E-state index in [0.717, 1.165) is 29.7 Å². The molecule has 0 unspecified atom stereocenters. The number of hydrogen-bond donors (Lipinski definition) is 2. The van der Waals surface area contributed by atoms with Gasteiger partial charge in [0, 0.05) is 25.0 Å². The molecule has 0 aliphatic heterocycles. The van der Waals surface area contributed by atoms with Gasteiger partial charge in [-0.1, -0.05) is 11.6 Å². The van der Waals surface area contributed by atoms with E-state index in [1.807, 2.05) is 20.2 Å². The minimum absolute atomic E-state index is 0.503. The van der Waals surface area contributed by atoms with Gasteiger partial charge in [-0.05, 0) is 20.2 Å². The molecule has 0 radical (unpaired) electrons. The Kier molecular flexibility index (Phi) is 3.93. The smallest absolute Gasteiger partial charge is 0.130 e. The lowest BCUT2D eigenvalue weighted by atomic mass is 10.2. The third-order valence-corrected chi connectivity index (χ3v) is 2.70. The van der Waals surface area contributed by atoms with Crippen LogP contribution in [0.1, 0.15) is 5.69 Å². The van der Waals surface area contributed by atoms with Crippen molar-refractivity contribution < 1.29 is 0 Å². The number of H-pyrrole nitrogens is 1. The van der Waals surface area contributed by atoms with E-state index in [4.69, 9.17) is 11.6 Å². The highest BCUT2D eigenvalue weighted by molar-refractivity contribution is 6.30. The highest BCUT2D eigenvalue weighted by atomic mass is 35.5. The third-order valence-electron chi connectivity index (χ3n) is 2.50. The number of aromatic nitrogens is 3. The highest BCUT2D eigenvalue weighted by Crippen LogP contribution is 2.18. The zero-order valence-corrected chi connectivity index (χ0v) is 10.8. The maximum Gasteiger partial charge on any atom is 0.130 e. The van der Waals surface area contributed by atoms with Gasteiger partial charge in [0.15, 0.2) is 0 Å². The molecule has 2 aromatic heterocycles. The van der Waals surface area contributed by atoms with Crippen molar-refractivity contribution in [3.8, 4) is 0 Å². The van der Waals surface area contributed by atoms with Crippen molar-refractivity contribution in [3.05, 3.63) is 23.1 Å². The first-order chi connectivity index (χ1) is 8.16. The van der Waals surface area contributed by atoms with Gasteiger partial charge in [-0.3, -0.25) is 5.10 Å². The van der Waals surface area contributed by atoms with Crippen molar-refractivity contribution in [1.29, 1.82) is 0 Å². The molecule has 0 amide bonds. The van der Waals surface area contributed by atoms with Gasteiger partial charge in [-0.25, -0.2) is 4.98 Å². The first-order valence-corrected chi connectivity index (χ1v) is 5.88. The van der Waals surface area contributed by atoms with Gasteiger partial charge in [-0.15, -0.1) is 0 Å². The molecule has 0 spiro atoms. The molecule has 5 nitrogen and oxygen atoms in total. The summed E-state index contributed by atoms with van der Waals surface area (Å²) in [4.78, 5) is 6.44. The van der Waals surface area contributed by atoms with Crippen LogP contribution >= 0.6 is 11.6 Å². The largest absolute Gasteiger partial charge is 0.310 e. The fourth-order valence-electron chi connectivity index (χ4n) is 1.62. The van der Waals surface area contributed by atoms with E-state index in [-0.39, 0.29) is 0 Å². The highest BCUT2D eigenvalue weighted by Gasteiger charge is 2.06. The molecule has 2 N–H and O–H groups in total. The van der Waals surface area contributed by atoms with Crippen LogP contribution in [0.5, 0.6) is 0 Å². The average molecular weight is 254 g/mol. The lowest BCUT2D eigenvalue weighted by Gasteiger charge is -2.10. The fourth-order valence-corrected chi connectivity index (χ4v) is 1.84. The molecule has 92 valence electrons. The van der Waals surface area contributed by atoms with E-state index in [9.17, 15) is 0 Å². The minimum Gasteiger partial charge on any atom is -0.310 e. The zero-order valence-electron chi connectivity index (χ0n) is 10.00. The maximum atomic E-state index is 5.96. The van der Waals surface area contributed by atoms with Crippen LogP contribution in [0.3, 0.4) is 0 Å². The van der Waals surface area contributed by atoms with E-state index >= 15 is 0 Å². The minimum atomic E-state index is 0.503. The van der Waals surface area contributed by atoms with Crippen molar-refractivity contribution in [2.24, 2.45) is 0 Å². The molecule has 0 bridgehead atoms. The van der Waals surface area contributed by atoms with Gasteiger partial charge in [0.2, 0.25) is 0 Å². The Morgan fingerprint density at radius 3 is 3.06 bits per heavy atom. The molecule has 17 heavy (non-hydrogen) atoms. The van der Waals surface area contributed by atoms with Gasteiger partial charge in [0.05, 0.1) is 17.4 Å². The number of pyridine rings is 1. The van der Waals surface area contributed by atoms with E-state index in [1.165, 1.54) is 0 Å². The first kappa shape index (κ1) is 12.3. The van der Waals surface area contributed by atoms with Crippen molar-refractivity contribution in [3.63, 3.8) is 0 Å². The van der Waals surface area contributed by atoms with Crippen LogP contribution in [-0.2, 0) is 6.54 Å². The Bertz CT molecular complexity index is 494. The Hall–Kier alpha value is -1.17. The third kappa shape index (κ3) is 3.15. The number of nitrogens with zero attached hydrogens (tertiary/aromatic N) is 3. The van der Waals surface area contributed by atoms with Crippen molar-refractivity contribution in [2.75, 3.05) is 27.2 Å². The summed E-state index contributed by atoms with van der Waals surface area (Å²) >= 11 is 5.96. The summed E-state index contributed by atoms with van der Waals surface area (Å²) in [6.07, 6.45) is 1.76. The SMILES string of the molecule is CN(C)CCNCc1nc(Cl)cc2cn[nH]c12. The van der Waals surface area contributed by atoms with Crippen LogP contribution < -0.4 is 5.32 Å². The number of halogens is 1. The van der Waals surface area contributed by atoms with Crippen molar-refractivity contribution >= 4 is 22.5 Å². The summed E-state index contributed by atoms with van der Waals surface area (Å²) in [6.45, 7) is 2.59. The van der Waals surface area contributed by atoms with E-state index in [2.05, 4.69) is 25.4 Å². The average Bonchev–Trinajstić information content (AvgIpc) is 2.71. The predicted octanol–water partition coefficient (Wildman–Crippen LogP) is 1.26. The molecule has 0 fully saturated rings. The molecule has 6 heteroatoms. The molecule has 0 aromatic carbocycles. The Morgan fingerprint density at radius 1 is 1.47 bits per heavy atom. The summed E-state index contributed by atoms with van der Waals surface area (Å²) in [5.41, 5.74) is 1.86. The fraction of sp³-hybridized carbons (Fsp3) is 0.455. The predicted molar refractivity (Wildman–Crippen MR) is 69.2 cm³/mol. The molecule has 0 saturated carbocycles. The molecule has 2 aromatic rings. The molecule has 2 rings (SSSR count). The molecule has 0 saturated heterocycles.